The number of fused-ring (bicyclic) bond motifs is 1. The zero-order valence-corrected chi connectivity index (χ0v) is 18.9. The highest BCUT2D eigenvalue weighted by atomic mass is 35.5. The number of pyridine rings is 1. The van der Waals surface area contributed by atoms with E-state index in [1.165, 1.54) is 0 Å². The number of carbonyl (C=O) groups is 2. The van der Waals surface area contributed by atoms with Gasteiger partial charge in [-0.15, -0.1) is 0 Å². The SMILES string of the molecule is Cc1ccc2cc(C=C(NC(=O)c3ccccc3)C(=O)N3CCCCCC3)c(Cl)nc2c1. The van der Waals surface area contributed by atoms with Gasteiger partial charge < -0.3 is 10.2 Å². The fourth-order valence-electron chi connectivity index (χ4n) is 3.91. The molecule has 1 fully saturated rings. The van der Waals surface area contributed by atoms with Gasteiger partial charge in [-0.05, 0) is 55.7 Å². The fourth-order valence-corrected chi connectivity index (χ4v) is 4.11. The quantitative estimate of drug-likeness (QED) is 0.432. The van der Waals surface area contributed by atoms with E-state index in [1.54, 1.807) is 30.3 Å². The van der Waals surface area contributed by atoms with Crippen LogP contribution in [0.25, 0.3) is 17.0 Å². The molecule has 2 amide bonds. The van der Waals surface area contributed by atoms with Crippen LogP contribution in [0.2, 0.25) is 5.15 Å². The lowest BCUT2D eigenvalue weighted by Gasteiger charge is -2.22. The summed E-state index contributed by atoms with van der Waals surface area (Å²) in [6.45, 7) is 3.36. The molecule has 0 radical (unpaired) electrons. The molecule has 164 valence electrons. The number of aromatic nitrogens is 1. The van der Waals surface area contributed by atoms with Crippen LogP contribution in [0.15, 0.2) is 60.3 Å². The van der Waals surface area contributed by atoms with Gasteiger partial charge in [0.25, 0.3) is 11.8 Å². The molecule has 4 rings (SSSR count). The molecule has 3 aromatic rings. The van der Waals surface area contributed by atoms with Gasteiger partial charge in [-0.1, -0.05) is 54.8 Å². The minimum absolute atomic E-state index is 0.198. The molecule has 2 aromatic carbocycles. The van der Waals surface area contributed by atoms with Gasteiger partial charge in [0.15, 0.2) is 0 Å². The highest BCUT2D eigenvalue weighted by Gasteiger charge is 2.22. The number of nitrogens with one attached hydrogen (secondary N) is 1. The third-order valence-electron chi connectivity index (χ3n) is 5.66. The number of amides is 2. The number of aryl methyl sites for hydroxylation is 1. The first-order valence-electron chi connectivity index (χ1n) is 11.0. The van der Waals surface area contributed by atoms with Crippen LogP contribution in [0.1, 0.15) is 47.2 Å². The Morgan fingerprint density at radius 2 is 1.72 bits per heavy atom. The van der Waals surface area contributed by atoms with Crippen molar-refractivity contribution in [3.63, 3.8) is 0 Å². The molecule has 0 aliphatic carbocycles. The van der Waals surface area contributed by atoms with E-state index in [0.29, 0.717) is 29.4 Å². The van der Waals surface area contributed by atoms with Crippen LogP contribution < -0.4 is 5.32 Å². The number of hydrogen-bond acceptors (Lipinski definition) is 3. The van der Waals surface area contributed by atoms with Crippen molar-refractivity contribution in [2.24, 2.45) is 0 Å². The average Bonchev–Trinajstić information content (AvgIpc) is 3.09. The third-order valence-corrected chi connectivity index (χ3v) is 5.96. The van der Waals surface area contributed by atoms with Crippen molar-refractivity contribution in [1.29, 1.82) is 0 Å². The molecular formula is C26H26ClN3O2. The van der Waals surface area contributed by atoms with Crippen LogP contribution in [0.5, 0.6) is 0 Å². The molecule has 5 nitrogen and oxygen atoms in total. The summed E-state index contributed by atoms with van der Waals surface area (Å²) < 4.78 is 0. The average molecular weight is 448 g/mol. The summed E-state index contributed by atoms with van der Waals surface area (Å²) >= 11 is 6.48. The van der Waals surface area contributed by atoms with Crippen molar-refractivity contribution in [2.45, 2.75) is 32.6 Å². The van der Waals surface area contributed by atoms with Gasteiger partial charge in [0, 0.05) is 29.6 Å². The van der Waals surface area contributed by atoms with Gasteiger partial charge in [-0.2, -0.15) is 0 Å². The Hall–Kier alpha value is -3.18. The second-order valence-electron chi connectivity index (χ2n) is 8.15. The van der Waals surface area contributed by atoms with Crippen molar-refractivity contribution < 1.29 is 9.59 Å². The topological polar surface area (TPSA) is 62.3 Å². The molecule has 6 heteroatoms. The van der Waals surface area contributed by atoms with E-state index < -0.39 is 0 Å². The Kier molecular flexibility index (Phi) is 6.86. The van der Waals surface area contributed by atoms with Crippen LogP contribution in [-0.2, 0) is 4.79 Å². The smallest absolute Gasteiger partial charge is 0.270 e. The molecule has 0 spiro atoms. The summed E-state index contributed by atoms with van der Waals surface area (Å²) in [6.07, 6.45) is 5.79. The Morgan fingerprint density at radius 3 is 2.44 bits per heavy atom. The summed E-state index contributed by atoms with van der Waals surface area (Å²) in [5.41, 5.74) is 3.17. The molecule has 1 aromatic heterocycles. The predicted molar refractivity (Wildman–Crippen MR) is 128 cm³/mol. The first-order chi connectivity index (χ1) is 15.5. The molecule has 0 saturated carbocycles. The highest BCUT2D eigenvalue weighted by molar-refractivity contribution is 6.31. The standard InChI is InChI=1S/C26H26ClN3O2/c1-18-11-12-20-16-21(24(27)28-22(20)15-18)17-23(26(32)30-13-7-2-3-8-14-30)29-25(31)19-9-5-4-6-10-19/h4-6,9-12,15-17H,2-3,7-8,13-14H2,1H3,(H,29,31). The van der Waals surface area contributed by atoms with Crippen molar-refractivity contribution in [3.8, 4) is 0 Å². The molecule has 1 aliphatic heterocycles. The van der Waals surface area contributed by atoms with E-state index in [9.17, 15) is 9.59 Å². The summed E-state index contributed by atoms with van der Waals surface area (Å²) in [6, 6.07) is 16.7. The Bertz CT molecular complexity index is 1170. The van der Waals surface area contributed by atoms with Crippen molar-refractivity contribution in [2.75, 3.05) is 13.1 Å². The lowest BCUT2D eigenvalue weighted by atomic mass is 10.1. The Morgan fingerprint density at radius 1 is 1.00 bits per heavy atom. The minimum atomic E-state index is -0.333. The first kappa shape index (κ1) is 22.0. The zero-order chi connectivity index (χ0) is 22.5. The number of nitrogens with zero attached hydrogens (tertiary/aromatic N) is 2. The number of benzene rings is 2. The first-order valence-corrected chi connectivity index (χ1v) is 11.3. The van der Waals surface area contributed by atoms with E-state index in [2.05, 4.69) is 10.3 Å². The largest absolute Gasteiger partial charge is 0.337 e. The van der Waals surface area contributed by atoms with Crippen molar-refractivity contribution in [3.05, 3.63) is 82.1 Å². The lowest BCUT2D eigenvalue weighted by Crippen LogP contribution is -2.39. The van der Waals surface area contributed by atoms with E-state index in [1.807, 2.05) is 42.2 Å². The summed E-state index contributed by atoms with van der Waals surface area (Å²) in [4.78, 5) is 32.6. The number of hydrogen-bond donors (Lipinski definition) is 1. The molecule has 1 N–H and O–H groups in total. The molecule has 0 atom stereocenters. The molecular weight excluding hydrogens is 422 g/mol. The molecule has 1 saturated heterocycles. The van der Waals surface area contributed by atoms with Gasteiger partial charge in [0.05, 0.1) is 5.52 Å². The lowest BCUT2D eigenvalue weighted by molar-refractivity contribution is -0.127. The fraction of sp³-hybridized carbons (Fsp3) is 0.269. The van der Waals surface area contributed by atoms with Crippen LogP contribution in [0.4, 0.5) is 0 Å². The zero-order valence-electron chi connectivity index (χ0n) is 18.1. The molecule has 1 aliphatic rings. The Labute approximate surface area is 193 Å². The van der Waals surface area contributed by atoms with Gasteiger partial charge in [-0.3, -0.25) is 9.59 Å². The van der Waals surface area contributed by atoms with Crippen LogP contribution >= 0.6 is 11.6 Å². The van der Waals surface area contributed by atoms with E-state index >= 15 is 0 Å². The van der Waals surface area contributed by atoms with Crippen LogP contribution in [-0.4, -0.2) is 34.8 Å². The van der Waals surface area contributed by atoms with Crippen molar-refractivity contribution >= 4 is 40.4 Å². The van der Waals surface area contributed by atoms with Crippen molar-refractivity contribution in [1.82, 2.24) is 15.2 Å². The summed E-state index contributed by atoms with van der Waals surface area (Å²) in [7, 11) is 0. The minimum Gasteiger partial charge on any atom is -0.337 e. The maximum Gasteiger partial charge on any atom is 0.270 e. The number of rotatable bonds is 4. The maximum absolute atomic E-state index is 13.4. The molecule has 2 heterocycles. The number of carbonyl (C=O) groups excluding carboxylic acids is 2. The van der Waals surface area contributed by atoms with E-state index in [-0.39, 0.29) is 17.5 Å². The van der Waals surface area contributed by atoms with Gasteiger partial charge in [0.2, 0.25) is 0 Å². The maximum atomic E-state index is 13.4. The van der Waals surface area contributed by atoms with Crippen LogP contribution in [0, 0.1) is 6.92 Å². The third kappa shape index (κ3) is 5.17. The van der Waals surface area contributed by atoms with Gasteiger partial charge >= 0.3 is 0 Å². The number of halogens is 1. The second kappa shape index (κ2) is 9.96. The summed E-state index contributed by atoms with van der Waals surface area (Å²) in [5, 5.41) is 4.04. The van der Waals surface area contributed by atoms with Crippen LogP contribution in [0.3, 0.4) is 0 Å². The summed E-state index contributed by atoms with van der Waals surface area (Å²) in [5.74, 6) is -0.531. The molecule has 0 unspecified atom stereocenters. The second-order valence-corrected chi connectivity index (χ2v) is 8.51. The number of likely N-dealkylation sites (tertiary alicyclic amines) is 1. The molecule has 0 bridgehead atoms. The predicted octanol–water partition coefficient (Wildman–Crippen LogP) is 5.37. The van der Waals surface area contributed by atoms with E-state index in [0.717, 1.165) is 42.1 Å². The Balaban J connectivity index is 1.72. The highest BCUT2D eigenvalue weighted by Crippen LogP contribution is 2.24. The van der Waals surface area contributed by atoms with Gasteiger partial charge in [-0.25, -0.2) is 4.98 Å². The monoisotopic (exact) mass is 447 g/mol. The van der Waals surface area contributed by atoms with E-state index in [4.69, 9.17) is 11.6 Å². The normalized spacial score (nSPS) is 14.8. The van der Waals surface area contributed by atoms with Gasteiger partial charge in [0.1, 0.15) is 10.9 Å². The molecule has 32 heavy (non-hydrogen) atoms.